The Morgan fingerprint density at radius 3 is 2.87 bits per heavy atom. The number of nitrogens with zero attached hydrogens (tertiary/aromatic N) is 1. The van der Waals surface area contributed by atoms with Crippen molar-refractivity contribution in [3.63, 3.8) is 0 Å². The van der Waals surface area contributed by atoms with Crippen LogP contribution >= 0.6 is 0 Å². The average Bonchev–Trinajstić information content (AvgIpc) is 2.99. The van der Waals surface area contributed by atoms with Gasteiger partial charge in [-0.05, 0) is 24.8 Å². The van der Waals surface area contributed by atoms with E-state index in [9.17, 15) is 4.79 Å². The third-order valence-electron chi connectivity index (χ3n) is 2.14. The maximum atomic E-state index is 10.6. The quantitative estimate of drug-likeness (QED) is 0.706. The van der Waals surface area contributed by atoms with E-state index < -0.39 is 0 Å². The first-order valence-electron chi connectivity index (χ1n) is 5.01. The molecule has 0 saturated heterocycles. The van der Waals surface area contributed by atoms with Gasteiger partial charge in [0, 0.05) is 13.0 Å². The molecule has 0 amide bonds. The summed E-state index contributed by atoms with van der Waals surface area (Å²) < 4.78 is 10.3. The van der Waals surface area contributed by atoms with E-state index in [0.29, 0.717) is 5.88 Å². The Kier molecular flexibility index (Phi) is 2.85. The molecule has 0 radical (unpaired) electrons. The van der Waals surface area contributed by atoms with Crippen molar-refractivity contribution in [1.82, 2.24) is 4.98 Å². The lowest BCUT2D eigenvalue weighted by Crippen LogP contribution is -2.03. The molecule has 0 aliphatic heterocycles. The van der Waals surface area contributed by atoms with E-state index in [2.05, 4.69) is 4.98 Å². The van der Waals surface area contributed by atoms with Crippen LogP contribution < -0.4 is 9.47 Å². The maximum absolute atomic E-state index is 10.6. The molecular formula is C11H13NO3. The molecule has 4 nitrogen and oxygen atoms in total. The zero-order chi connectivity index (χ0) is 10.7. The molecule has 1 aliphatic carbocycles. The summed E-state index contributed by atoms with van der Waals surface area (Å²) in [6, 6.07) is 3.39. The lowest BCUT2D eigenvalue weighted by Gasteiger charge is -2.05. The molecule has 4 heteroatoms. The van der Waals surface area contributed by atoms with E-state index in [-0.39, 0.29) is 5.97 Å². The number of ether oxygens (including phenoxy) is 2. The monoisotopic (exact) mass is 207 g/mol. The first-order chi connectivity index (χ1) is 7.24. The van der Waals surface area contributed by atoms with Gasteiger partial charge in [-0.25, -0.2) is 4.98 Å². The van der Waals surface area contributed by atoms with E-state index in [1.165, 1.54) is 19.8 Å². The molecule has 2 rings (SSSR count). The standard InChI is InChI=1S/C11H13NO3/c1-8(13)15-11-5-4-10(6-12-11)14-7-9-2-3-9/h4-6,9H,2-3,7H2,1H3. The number of aromatic nitrogens is 1. The minimum Gasteiger partial charge on any atom is -0.492 e. The Morgan fingerprint density at radius 1 is 1.53 bits per heavy atom. The van der Waals surface area contributed by atoms with Crippen molar-refractivity contribution in [2.75, 3.05) is 6.61 Å². The fourth-order valence-electron chi connectivity index (χ4n) is 1.16. The highest BCUT2D eigenvalue weighted by Gasteiger charge is 2.21. The van der Waals surface area contributed by atoms with Crippen LogP contribution in [-0.2, 0) is 4.79 Å². The Labute approximate surface area is 88.2 Å². The highest BCUT2D eigenvalue weighted by Crippen LogP contribution is 2.29. The minimum absolute atomic E-state index is 0.307. The number of carbonyl (C=O) groups is 1. The molecular weight excluding hydrogens is 194 g/mol. The molecule has 1 aromatic heterocycles. The Hall–Kier alpha value is -1.58. The normalized spacial score (nSPS) is 14.7. The summed E-state index contributed by atoms with van der Waals surface area (Å²) in [5, 5.41) is 0. The van der Waals surface area contributed by atoms with Crippen LogP contribution in [0.4, 0.5) is 0 Å². The van der Waals surface area contributed by atoms with Crippen LogP contribution in [0.2, 0.25) is 0 Å². The summed E-state index contributed by atoms with van der Waals surface area (Å²) in [6.45, 7) is 2.10. The van der Waals surface area contributed by atoms with Gasteiger partial charge in [-0.2, -0.15) is 0 Å². The number of hydrogen-bond donors (Lipinski definition) is 0. The molecule has 0 atom stereocenters. The van der Waals surface area contributed by atoms with Gasteiger partial charge >= 0.3 is 5.97 Å². The van der Waals surface area contributed by atoms with Gasteiger partial charge in [0.25, 0.3) is 0 Å². The number of carbonyl (C=O) groups excluding carboxylic acids is 1. The minimum atomic E-state index is -0.367. The Balaban J connectivity index is 1.87. The second-order valence-electron chi connectivity index (χ2n) is 3.68. The maximum Gasteiger partial charge on any atom is 0.309 e. The fourth-order valence-corrected chi connectivity index (χ4v) is 1.16. The number of esters is 1. The number of hydrogen-bond acceptors (Lipinski definition) is 4. The number of rotatable bonds is 4. The molecule has 1 aromatic rings. The molecule has 0 N–H and O–H groups in total. The first kappa shape index (κ1) is 9.96. The summed E-state index contributed by atoms with van der Waals surface area (Å²) in [5.74, 6) is 1.38. The van der Waals surface area contributed by atoms with E-state index >= 15 is 0 Å². The van der Waals surface area contributed by atoms with Crippen LogP contribution in [-0.4, -0.2) is 17.6 Å². The van der Waals surface area contributed by atoms with Crippen LogP contribution in [0.15, 0.2) is 18.3 Å². The van der Waals surface area contributed by atoms with Crippen LogP contribution in [0, 0.1) is 5.92 Å². The molecule has 0 unspecified atom stereocenters. The SMILES string of the molecule is CC(=O)Oc1ccc(OCC2CC2)cn1. The zero-order valence-electron chi connectivity index (χ0n) is 8.60. The molecule has 0 aromatic carbocycles. The van der Waals surface area contributed by atoms with Gasteiger partial charge < -0.3 is 9.47 Å². The molecule has 1 saturated carbocycles. The van der Waals surface area contributed by atoms with Gasteiger partial charge in [-0.15, -0.1) is 0 Å². The largest absolute Gasteiger partial charge is 0.492 e. The lowest BCUT2D eigenvalue weighted by molar-refractivity contribution is -0.132. The Bertz CT molecular complexity index is 343. The van der Waals surface area contributed by atoms with Crippen molar-refractivity contribution in [2.24, 2.45) is 5.92 Å². The summed E-state index contributed by atoms with van der Waals surface area (Å²) in [6.07, 6.45) is 4.10. The predicted octanol–water partition coefficient (Wildman–Crippen LogP) is 1.80. The van der Waals surface area contributed by atoms with Gasteiger partial charge in [-0.1, -0.05) is 0 Å². The fraction of sp³-hybridized carbons (Fsp3) is 0.455. The van der Waals surface area contributed by atoms with Crippen molar-refractivity contribution in [2.45, 2.75) is 19.8 Å². The summed E-state index contributed by atoms with van der Waals surface area (Å²) in [4.78, 5) is 14.6. The van der Waals surface area contributed by atoms with Crippen molar-refractivity contribution < 1.29 is 14.3 Å². The Morgan fingerprint density at radius 2 is 2.33 bits per heavy atom. The van der Waals surface area contributed by atoms with Crippen LogP contribution in [0.3, 0.4) is 0 Å². The van der Waals surface area contributed by atoms with Crippen LogP contribution in [0.5, 0.6) is 11.6 Å². The molecule has 15 heavy (non-hydrogen) atoms. The third kappa shape index (κ3) is 3.23. The van der Waals surface area contributed by atoms with Crippen molar-refractivity contribution >= 4 is 5.97 Å². The van der Waals surface area contributed by atoms with Crippen molar-refractivity contribution in [3.05, 3.63) is 18.3 Å². The van der Waals surface area contributed by atoms with E-state index in [1.807, 2.05) is 0 Å². The topological polar surface area (TPSA) is 48.4 Å². The lowest BCUT2D eigenvalue weighted by atomic mass is 10.4. The van der Waals surface area contributed by atoms with Gasteiger partial charge in [-0.3, -0.25) is 4.79 Å². The van der Waals surface area contributed by atoms with E-state index in [1.54, 1.807) is 18.3 Å². The summed E-state index contributed by atoms with van der Waals surface area (Å²) >= 11 is 0. The zero-order valence-corrected chi connectivity index (χ0v) is 8.60. The molecule has 1 heterocycles. The second kappa shape index (κ2) is 4.29. The second-order valence-corrected chi connectivity index (χ2v) is 3.68. The van der Waals surface area contributed by atoms with Crippen LogP contribution in [0.1, 0.15) is 19.8 Å². The first-order valence-corrected chi connectivity index (χ1v) is 5.01. The highest BCUT2D eigenvalue weighted by molar-refractivity contribution is 5.68. The third-order valence-corrected chi connectivity index (χ3v) is 2.14. The van der Waals surface area contributed by atoms with Gasteiger partial charge in [0.1, 0.15) is 5.75 Å². The van der Waals surface area contributed by atoms with Crippen molar-refractivity contribution in [3.8, 4) is 11.6 Å². The van der Waals surface area contributed by atoms with Crippen LogP contribution in [0.25, 0.3) is 0 Å². The summed E-state index contributed by atoms with van der Waals surface area (Å²) in [5.41, 5.74) is 0. The van der Waals surface area contributed by atoms with Crippen molar-refractivity contribution in [1.29, 1.82) is 0 Å². The molecule has 1 aliphatic rings. The number of pyridine rings is 1. The molecule has 80 valence electrons. The highest BCUT2D eigenvalue weighted by atomic mass is 16.5. The van der Waals surface area contributed by atoms with E-state index in [4.69, 9.17) is 9.47 Å². The smallest absolute Gasteiger partial charge is 0.309 e. The van der Waals surface area contributed by atoms with Gasteiger partial charge in [0.2, 0.25) is 5.88 Å². The predicted molar refractivity (Wildman–Crippen MR) is 53.8 cm³/mol. The molecule has 0 spiro atoms. The van der Waals surface area contributed by atoms with Gasteiger partial charge in [0.15, 0.2) is 0 Å². The van der Waals surface area contributed by atoms with Gasteiger partial charge in [0.05, 0.1) is 12.8 Å². The molecule has 1 fully saturated rings. The summed E-state index contributed by atoms with van der Waals surface area (Å²) in [7, 11) is 0. The average molecular weight is 207 g/mol. The molecule has 0 bridgehead atoms. The van der Waals surface area contributed by atoms with E-state index in [0.717, 1.165) is 18.3 Å².